The van der Waals surface area contributed by atoms with Crippen LogP contribution in [0.2, 0.25) is 0 Å². The minimum absolute atomic E-state index is 0.609. The Labute approximate surface area is 237 Å². The molecule has 0 fully saturated rings. The summed E-state index contributed by atoms with van der Waals surface area (Å²) in [5.74, 6) is 3.52. The zero-order valence-corrected chi connectivity index (χ0v) is 22.0. The molecule has 4 nitrogen and oxygen atoms in total. The standard InChI is InChI=1S/C37H23N3O/c1-4-12-24(13-5-1)27-22-23-32-33-28(27)18-10-19-29(33)34-30(20-11-21-31(34)41-32)37-39-35(25-14-6-2-7-15-25)38-36(40-37)26-16-8-3-9-17-26/h1-23H. The Bertz CT molecular complexity index is 2000. The second-order valence-electron chi connectivity index (χ2n) is 10.0. The molecule has 8 rings (SSSR count). The third kappa shape index (κ3) is 3.97. The van der Waals surface area contributed by atoms with Crippen LogP contribution in [0.3, 0.4) is 0 Å². The van der Waals surface area contributed by atoms with Gasteiger partial charge in [-0.3, -0.25) is 0 Å². The van der Waals surface area contributed by atoms with E-state index in [1.165, 1.54) is 11.1 Å². The lowest BCUT2D eigenvalue weighted by Gasteiger charge is -2.24. The van der Waals surface area contributed by atoms with E-state index in [1.807, 2.05) is 78.9 Å². The molecule has 0 saturated heterocycles. The minimum atomic E-state index is 0.609. The highest BCUT2D eigenvalue weighted by molar-refractivity contribution is 6.11. The maximum atomic E-state index is 6.56. The monoisotopic (exact) mass is 525 g/mol. The molecule has 0 spiro atoms. The van der Waals surface area contributed by atoms with Crippen LogP contribution in [0.5, 0.6) is 11.5 Å². The molecule has 1 aliphatic heterocycles. The van der Waals surface area contributed by atoms with Gasteiger partial charge in [0.05, 0.1) is 0 Å². The second-order valence-corrected chi connectivity index (χ2v) is 10.0. The molecule has 0 saturated carbocycles. The molecule has 4 heteroatoms. The van der Waals surface area contributed by atoms with Gasteiger partial charge in [0, 0.05) is 27.6 Å². The van der Waals surface area contributed by atoms with Crippen LogP contribution < -0.4 is 4.74 Å². The summed E-state index contributed by atoms with van der Waals surface area (Å²) in [5, 5.41) is 2.24. The van der Waals surface area contributed by atoms with Crippen LogP contribution in [0.25, 0.3) is 67.2 Å². The number of ether oxygens (including phenoxy) is 1. The molecular formula is C37H23N3O. The lowest BCUT2D eigenvalue weighted by Crippen LogP contribution is -2.03. The Morgan fingerprint density at radius 1 is 0.366 bits per heavy atom. The quantitative estimate of drug-likeness (QED) is 0.230. The van der Waals surface area contributed by atoms with Gasteiger partial charge in [0.25, 0.3) is 0 Å². The van der Waals surface area contributed by atoms with E-state index in [-0.39, 0.29) is 0 Å². The van der Waals surface area contributed by atoms with E-state index in [0.29, 0.717) is 17.5 Å². The molecule has 1 aromatic heterocycles. The fourth-order valence-electron chi connectivity index (χ4n) is 5.67. The Morgan fingerprint density at radius 3 is 1.59 bits per heavy atom. The molecule has 0 radical (unpaired) electrons. The summed E-state index contributed by atoms with van der Waals surface area (Å²) in [4.78, 5) is 14.9. The van der Waals surface area contributed by atoms with E-state index in [4.69, 9.17) is 19.7 Å². The van der Waals surface area contributed by atoms with Gasteiger partial charge < -0.3 is 4.74 Å². The summed E-state index contributed by atoms with van der Waals surface area (Å²) < 4.78 is 6.56. The summed E-state index contributed by atoms with van der Waals surface area (Å²) >= 11 is 0. The maximum absolute atomic E-state index is 6.56. The molecule has 0 amide bonds. The van der Waals surface area contributed by atoms with Gasteiger partial charge in [-0.1, -0.05) is 127 Å². The Kier molecular flexibility index (Phi) is 5.42. The number of hydrogen-bond donors (Lipinski definition) is 0. The molecular weight excluding hydrogens is 502 g/mol. The fourth-order valence-corrected chi connectivity index (χ4v) is 5.67. The lowest BCUT2D eigenvalue weighted by atomic mass is 9.88. The summed E-state index contributed by atoms with van der Waals surface area (Å²) in [6.07, 6.45) is 0. The van der Waals surface area contributed by atoms with Crippen LogP contribution >= 0.6 is 0 Å². The van der Waals surface area contributed by atoms with E-state index < -0.39 is 0 Å². The largest absolute Gasteiger partial charge is 0.456 e. The van der Waals surface area contributed by atoms with E-state index in [2.05, 4.69) is 60.7 Å². The van der Waals surface area contributed by atoms with Crippen molar-refractivity contribution in [2.75, 3.05) is 0 Å². The maximum Gasteiger partial charge on any atom is 0.164 e. The van der Waals surface area contributed by atoms with Gasteiger partial charge in [0.2, 0.25) is 0 Å². The first kappa shape index (κ1) is 23.3. The van der Waals surface area contributed by atoms with Crippen LogP contribution in [-0.2, 0) is 0 Å². The van der Waals surface area contributed by atoms with Gasteiger partial charge in [0.1, 0.15) is 11.5 Å². The molecule has 41 heavy (non-hydrogen) atoms. The zero-order chi connectivity index (χ0) is 27.2. The predicted octanol–water partition coefficient (Wildman–Crippen LogP) is 9.47. The summed E-state index contributed by atoms with van der Waals surface area (Å²) in [7, 11) is 0. The highest BCUT2D eigenvalue weighted by atomic mass is 16.5. The molecule has 0 unspecified atom stereocenters. The van der Waals surface area contributed by atoms with Crippen molar-refractivity contribution in [2.45, 2.75) is 0 Å². The summed E-state index contributed by atoms with van der Waals surface area (Å²) in [6, 6.07) is 47.4. The third-order valence-electron chi connectivity index (χ3n) is 7.54. The van der Waals surface area contributed by atoms with Gasteiger partial charge in [0.15, 0.2) is 17.5 Å². The van der Waals surface area contributed by atoms with Crippen LogP contribution in [0.1, 0.15) is 0 Å². The van der Waals surface area contributed by atoms with E-state index >= 15 is 0 Å². The van der Waals surface area contributed by atoms with Crippen molar-refractivity contribution in [2.24, 2.45) is 0 Å². The van der Waals surface area contributed by atoms with Gasteiger partial charge in [-0.15, -0.1) is 0 Å². The first-order valence-electron chi connectivity index (χ1n) is 13.6. The van der Waals surface area contributed by atoms with Gasteiger partial charge in [-0.05, 0) is 34.2 Å². The highest BCUT2D eigenvalue weighted by Gasteiger charge is 2.26. The van der Waals surface area contributed by atoms with Crippen LogP contribution in [0.4, 0.5) is 0 Å². The molecule has 0 N–H and O–H groups in total. The Morgan fingerprint density at radius 2 is 0.927 bits per heavy atom. The van der Waals surface area contributed by atoms with Gasteiger partial charge >= 0.3 is 0 Å². The zero-order valence-electron chi connectivity index (χ0n) is 22.0. The summed E-state index contributed by atoms with van der Waals surface area (Å²) in [6.45, 7) is 0. The molecule has 192 valence electrons. The lowest BCUT2D eigenvalue weighted by molar-refractivity contribution is 0.487. The molecule has 6 aromatic carbocycles. The predicted molar refractivity (Wildman–Crippen MR) is 165 cm³/mol. The summed E-state index contributed by atoms with van der Waals surface area (Å²) in [5.41, 5.74) is 7.22. The minimum Gasteiger partial charge on any atom is -0.456 e. The molecule has 7 aromatic rings. The van der Waals surface area contributed by atoms with Crippen LogP contribution in [-0.4, -0.2) is 15.0 Å². The van der Waals surface area contributed by atoms with Crippen LogP contribution in [0, 0.1) is 0 Å². The Balaban J connectivity index is 1.38. The molecule has 0 bridgehead atoms. The number of hydrogen-bond acceptors (Lipinski definition) is 4. The number of rotatable bonds is 4. The van der Waals surface area contributed by atoms with Crippen molar-refractivity contribution < 1.29 is 4.74 Å². The van der Waals surface area contributed by atoms with Gasteiger partial charge in [-0.2, -0.15) is 0 Å². The number of nitrogens with zero attached hydrogens (tertiary/aromatic N) is 3. The van der Waals surface area contributed by atoms with E-state index in [0.717, 1.165) is 50.1 Å². The topological polar surface area (TPSA) is 47.9 Å². The number of fused-ring (bicyclic) bond motifs is 2. The molecule has 2 heterocycles. The first-order chi connectivity index (χ1) is 20.3. The van der Waals surface area contributed by atoms with E-state index in [1.54, 1.807) is 0 Å². The average Bonchev–Trinajstić information content (AvgIpc) is 3.06. The van der Waals surface area contributed by atoms with Crippen LogP contribution in [0.15, 0.2) is 140 Å². The van der Waals surface area contributed by atoms with Crippen molar-refractivity contribution in [1.82, 2.24) is 15.0 Å². The van der Waals surface area contributed by atoms with Crippen molar-refractivity contribution >= 4 is 10.8 Å². The Hall–Kier alpha value is -5.61. The first-order valence-corrected chi connectivity index (χ1v) is 13.6. The van der Waals surface area contributed by atoms with Crippen molar-refractivity contribution in [3.8, 4) is 67.9 Å². The molecule has 0 atom stereocenters. The second kappa shape index (κ2) is 9.54. The SMILES string of the molecule is c1ccc(-c2nc(-c3ccccc3)nc(-c3cccc4c3-c3cccc5c(-c6ccccc6)ccc(c35)O4)n2)cc1. The average molecular weight is 526 g/mol. The number of benzene rings is 6. The van der Waals surface area contributed by atoms with Gasteiger partial charge in [-0.25, -0.2) is 15.0 Å². The molecule has 1 aliphatic rings. The van der Waals surface area contributed by atoms with E-state index in [9.17, 15) is 0 Å². The fraction of sp³-hybridized carbons (Fsp3) is 0. The number of aromatic nitrogens is 3. The molecule has 0 aliphatic carbocycles. The van der Waals surface area contributed by atoms with Crippen molar-refractivity contribution in [1.29, 1.82) is 0 Å². The smallest absolute Gasteiger partial charge is 0.164 e. The highest BCUT2D eigenvalue weighted by Crippen LogP contribution is 2.51. The van der Waals surface area contributed by atoms with Crippen molar-refractivity contribution in [3.05, 3.63) is 140 Å². The van der Waals surface area contributed by atoms with Crippen molar-refractivity contribution in [3.63, 3.8) is 0 Å². The third-order valence-corrected chi connectivity index (χ3v) is 7.54. The normalized spacial score (nSPS) is 11.6.